The van der Waals surface area contributed by atoms with Gasteiger partial charge in [-0.1, -0.05) is 12.1 Å². The summed E-state index contributed by atoms with van der Waals surface area (Å²) in [7, 11) is 1.59. The number of carbonyl (C=O) groups is 1. The molecule has 0 amide bonds. The molecule has 0 aliphatic carbocycles. The maximum absolute atomic E-state index is 13.6. The van der Waals surface area contributed by atoms with Crippen molar-refractivity contribution < 1.29 is 24.1 Å². The molecule has 5 nitrogen and oxygen atoms in total. The van der Waals surface area contributed by atoms with Gasteiger partial charge in [0.2, 0.25) is 5.78 Å². The van der Waals surface area contributed by atoms with Crippen molar-refractivity contribution in [1.82, 2.24) is 0 Å². The molecule has 0 spiro atoms. The van der Waals surface area contributed by atoms with Gasteiger partial charge in [0.15, 0.2) is 0 Å². The van der Waals surface area contributed by atoms with E-state index in [0.717, 1.165) is 0 Å². The second-order valence-corrected chi connectivity index (χ2v) is 8.35. The van der Waals surface area contributed by atoms with E-state index in [2.05, 4.69) is 0 Å². The second kappa shape index (κ2) is 6.41. The Morgan fingerprint density at radius 1 is 0.966 bits per heavy atom. The minimum absolute atomic E-state index is 0.0226. The van der Waals surface area contributed by atoms with Crippen LogP contribution in [-0.4, -0.2) is 29.2 Å². The number of benzene rings is 2. The average molecular weight is 392 g/mol. The normalized spacial score (nSPS) is 17.6. The van der Waals surface area contributed by atoms with Crippen LogP contribution in [0.2, 0.25) is 0 Å². The predicted octanol–water partition coefficient (Wildman–Crippen LogP) is 5.00. The Balaban J connectivity index is 2.05. The summed E-state index contributed by atoms with van der Waals surface area (Å²) >= 11 is 0. The number of hydrogen-bond donors (Lipinski definition) is 1. The monoisotopic (exact) mass is 392 g/mol. The zero-order valence-corrected chi connectivity index (χ0v) is 17.2. The van der Waals surface area contributed by atoms with Crippen LogP contribution in [0.25, 0.3) is 12.2 Å². The van der Waals surface area contributed by atoms with Gasteiger partial charge < -0.3 is 19.3 Å². The highest BCUT2D eigenvalue weighted by Crippen LogP contribution is 2.51. The average Bonchev–Trinajstić information content (AvgIpc) is 2.64. The molecule has 150 valence electrons. The number of aromatic hydroxyl groups is 1. The van der Waals surface area contributed by atoms with Gasteiger partial charge in [0, 0.05) is 5.56 Å². The SMILES string of the molecule is COc1c2c(c(C(=O)c3cccc(O)c3)c3c1C=CC(C)(C)O3)OC(C)(C)C=C2. The molecule has 2 aromatic rings. The van der Waals surface area contributed by atoms with Crippen LogP contribution in [0.5, 0.6) is 23.0 Å². The largest absolute Gasteiger partial charge is 0.508 e. The summed E-state index contributed by atoms with van der Waals surface area (Å²) in [5, 5.41) is 9.88. The van der Waals surface area contributed by atoms with Crippen molar-refractivity contribution in [2.24, 2.45) is 0 Å². The van der Waals surface area contributed by atoms with Crippen LogP contribution in [0.3, 0.4) is 0 Å². The molecule has 2 heterocycles. The molecule has 4 rings (SSSR count). The highest BCUT2D eigenvalue weighted by Gasteiger charge is 2.37. The molecular weight excluding hydrogens is 368 g/mol. The number of ether oxygens (including phenoxy) is 3. The van der Waals surface area contributed by atoms with Crippen molar-refractivity contribution in [3.05, 3.63) is 58.7 Å². The fourth-order valence-electron chi connectivity index (χ4n) is 3.62. The molecule has 0 atom stereocenters. The molecule has 5 heteroatoms. The van der Waals surface area contributed by atoms with E-state index in [1.807, 2.05) is 52.0 Å². The number of fused-ring (bicyclic) bond motifs is 2. The summed E-state index contributed by atoms with van der Waals surface area (Å²) in [4.78, 5) is 13.6. The molecule has 0 radical (unpaired) electrons. The zero-order valence-electron chi connectivity index (χ0n) is 17.2. The highest BCUT2D eigenvalue weighted by atomic mass is 16.5. The molecule has 29 heavy (non-hydrogen) atoms. The third kappa shape index (κ3) is 3.27. The third-order valence-corrected chi connectivity index (χ3v) is 5.01. The lowest BCUT2D eigenvalue weighted by atomic mass is 9.89. The van der Waals surface area contributed by atoms with Crippen LogP contribution in [0.15, 0.2) is 36.4 Å². The Morgan fingerprint density at radius 2 is 1.52 bits per heavy atom. The Bertz CT molecular complexity index is 1020. The van der Waals surface area contributed by atoms with Crippen LogP contribution in [0.4, 0.5) is 0 Å². The number of rotatable bonds is 3. The summed E-state index contributed by atoms with van der Waals surface area (Å²) in [6.07, 6.45) is 7.71. The first-order valence-corrected chi connectivity index (χ1v) is 9.50. The van der Waals surface area contributed by atoms with Gasteiger partial charge in [-0.05, 0) is 64.1 Å². The van der Waals surface area contributed by atoms with E-state index in [-0.39, 0.29) is 11.5 Å². The van der Waals surface area contributed by atoms with Crippen LogP contribution in [0.1, 0.15) is 54.7 Å². The van der Waals surface area contributed by atoms with Crippen LogP contribution in [0, 0.1) is 0 Å². The molecular formula is C24H24O5. The van der Waals surface area contributed by atoms with E-state index in [9.17, 15) is 9.90 Å². The minimum Gasteiger partial charge on any atom is -0.508 e. The van der Waals surface area contributed by atoms with E-state index >= 15 is 0 Å². The van der Waals surface area contributed by atoms with Crippen molar-refractivity contribution in [3.8, 4) is 23.0 Å². The zero-order chi connectivity index (χ0) is 21.0. The lowest BCUT2D eigenvalue weighted by Gasteiger charge is -2.35. The lowest BCUT2D eigenvalue weighted by molar-refractivity contribution is 0.100. The molecule has 0 fully saturated rings. The number of hydrogen-bond acceptors (Lipinski definition) is 5. The molecule has 0 bridgehead atoms. The van der Waals surface area contributed by atoms with E-state index < -0.39 is 11.2 Å². The van der Waals surface area contributed by atoms with Gasteiger partial charge in [-0.3, -0.25) is 4.79 Å². The van der Waals surface area contributed by atoms with Crippen LogP contribution >= 0.6 is 0 Å². The minimum atomic E-state index is -0.597. The number of phenolic OH excluding ortho intramolecular Hbond substituents is 1. The Morgan fingerprint density at radius 3 is 2.00 bits per heavy atom. The molecule has 1 N–H and O–H groups in total. The topological polar surface area (TPSA) is 65.0 Å². The van der Waals surface area contributed by atoms with Gasteiger partial charge in [-0.2, -0.15) is 0 Å². The smallest absolute Gasteiger partial charge is 0.200 e. The summed E-state index contributed by atoms with van der Waals surface area (Å²) < 4.78 is 18.2. The van der Waals surface area contributed by atoms with Crippen molar-refractivity contribution in [2.45, 2.75) is 38.9 Å². The fraction of sp³-hybridized carbons (Fsp3) is 0.292. The first kappa shape index (κ1) is 19.1. The number of phenols is 1. The molecule has 0 aromatic heterocycles. The van der Waals surface area contributed by atoms with E-state index in [0.29, 0.717) is 39.5 Å². The van der Waals surface area contributed by atoms with E-state index in [1.54, 1.807) is 19.2 Å². The van der Waals surface area contributed by atoms with Crippen molar-refractivity contribution in [2.75, 3.05) is 7.11 Å². The van der Waals surface area contributed by atoms with Gasteiger partial charge in [0.1, 0.15) is 39.8 Å². The Kier molecular flexibility index (Phi) is 4.23. The van der Waals surface area contributed by atoms with Crippen molar-refractivity contribution in [1.29, 1.82) is 0 Å². The van der Waals surface area contributed by atoms with Crippen LogP contribution in [-0.2, 0) is 0 Å². The summed E-state index contributed by atoms with van der Waals surface area (Å²) in [6, 6.07) is 6.28. The molecule has 0 unspecified atom stereocenters. The Labute approximate surface area is 170 Å². The van der Waals surface area contributed by atoms with Crippen molar-refractivity contribution >= 4 is 17.9 Å². The highest BCUT2D eigenvalue weighted by molar-refractivity contribution is 6.14. The van der Waals surface area contributed by atoms with Gasteiger partial charge in [-0.15, -0.1) is 0 Å². The lowest BCUT2D eigenvalue weighted by Crippen LogP contribution is -2.32. The predicted molar refractivity (Wildman–Crippen MR) is 112 cm³/mol. The number of carbonyl (C=O) groups excluding carboxylic acids is 1. The fourth-order valence-corrected chi connectivity index (χ4v) is 3.62. The van der Waals surface area contributed by atoms with Gasteiger partial charge in [0.05, 0.1) is 18.2 Å². The molecule has 2 aliphatic heterocycles. The molecule has 2 aromatic carbocycles. The van der Waals surface area contributed by atoms with Crippen molar-refractivity contribution in [3.63, 3.8) is 0 Å². The third-order valence-electron chi connectivity index (χ3n) is 5.01. The maximum atomic E-state index is 13.6. The van der Waals surface area contributed by atoms with Crippen LogP contribution < -0.4 is 14.2 Å². The molecule has 0 saturated heterocycles. The van der Waals surface area contributed by atoms with Gasteiger partial charge in [0.25, 0.3) is 0 Å². The van der Waals surface area contributed by atoms with E-state index in [1.165, 1.54) is 12.1 Å². The van der Waals surface area contributed by atoms with E-state index in [4.69, 9.17) is 14.2 Å². The summed E-state index contributed by atoms with van der Waals surface area (Å²) in [5.41, 5.74) is 0.882. The summed E-state index contributed by atoms with van der Waals surface area (Å²) in [6.45, 7) is 7.69. The number of methoxy groups -OCH3 is 1. The van der Waals surface area contributed by atoms with Gasteiger partial charge in [-0.25, -0.2) is 0 Å². The summed E-state index contributed by atoms with van der Waals surface area (Å²) in [5.74, 6) is 1.18. The van der Waals surface area contributed by atoms with Gasteiger partial charge >= 0.3 is 0 Å². The molecule has 0 saturated carbocycles. The Hall–Kier alpha value is -3.21. The standard InChI is InChI=1S/C24H24O5/c1-23(2)11-9-16-20(27-5)17-10-12-24(3,4)29-22(17)18(21(16)28-23)19(26)14-7-6-8-15(25)13-14/h6-13,25H,1-5H3. The molecule has 2 aliphatic rings. The first-order valence-electron chi connectivity index (χ1n) is 9.50. The maximum Gasteiger partial charge on any atom is 0.200 e. The first-order chi connectivity index (χ1) is 13.6. The number of ketones is 1. The quantitative estimate of drug-likeness (QED) is 0.745. The second-order valence-electron chi connectivity index (χ2n) is 8.35.